The van der Waals surface area contributed by atoms with E-state index in [4.69, 9.17) is 4.74 Å². The van der Waals surface area contributed by atoms with Crippen molar-refractivity contribution in [1.82, 2.24) is 4.90 Å². The van der Waals surface area contributed by atoms with Crippen molar-refractivity contribution in [3.05, 3.63) is 59.7 Å². The second kappa shape index (κ2) is 6.66. The minimum absolute atomic E-state index is 0.0465. The van der Waals surface area contributed by atoms with Gasteiger partial charge in [0.15, 0.2) is 0 Å². The average molecular weight is 377 g/mol. The Morgan fingerprint density at radius 2 is 1.61 bits per heavy atom. The third-order valence-corrected chi connectivity index (χ3v) is 6.77. The maximum atomic E-state index is 12.7. The molecule has 1 N–H and O–H groups in total. The highest BCUT2D eigenvalue weighted by Crippen LogP contribution is 2.45. The highest BCUT2D eigenvalue weighted by atomic mass is 16.6. The van der Waals surface area contributed by atoms with Gasteiger partial charge in [0.25, 0.3) is 0 Å². The lowest BCUT2D eigenvalue weighted by Gasteiger charge is -2.20. The maximum absolute atomic E-state index is 12.7. The second-order valence-electron chi connectivity index (χ2n) is 8.15. The first-order chi connectivity index (χ1) is 13.6. The summed E-state index contributed by atoms with van der Waals surface area (Å²) < 4.78 is 5.72. The number of rotatable bonds is 3. The molecule has 5 nitrogen and oxygen atoms in total. The van der Waals surface area contributed by atoms with Crippen LogP contribution in [0.25, 0.3) is 11.1 Å². The average Bonchev–Trinajstić information content (AvgIpc) is 3.37. The summed E-state index contributed by atoms with van der Waals surface area (Å²) in [5.41, 5.74) is 4.81. The molecule has 3 aliphatic rings. The van der Waals surface area contributed by atoms with E-state index in [1.165, 1.54) is 22.3 Å². The van der Waals surface area contributed by atoms with Gasteiger partial charge >= 0.3 is 12.1 Å². The molecule has 3 atom stereocenters. The SMILES string of the molecule is O=C(O)C1CCC2CN(C(=O)OCC3c4ccccc4-c4ccccc43)CC21. The molecule has 0 bridgehead atoms. The minimum Gasteiger partial charge on any atom is -0.481 e. The first-order valence-corrected chi connectivity index (χ1v) is 9.96. The number of likely N-dealkylation sites (tertiary alicyclic amines) is 1. The molecule has 5 heteroatoms. The second-order valence-corrected chi connectivity index (χ2v) is 8.15. The molecule has 2 aromatic rings. The largest absolute Gasteiger partial charge is 0.481 e. The van der Waals surface area contributed by atoms with Gasteiger partial charge in [-0.15, -0.1) is 0 Å². The molecule has 144 valence electrons. The fraction of sp³-hybridized carbons (Fsp3) is 0.391. The van der Waals surface area contributed by atoms with E-state index in [0.29, 0.717) is 25.6 Å². The third kappa shape index (κ3) is 2.68. The predicted molar refractivity (Wildman–Crippen MR) is 104 cm³/mol. The molecule has 5 rings (SSSR count). The number of fused-ring (bicyclic) bond motifs is 4. The van der Waals surface area contributed by atoms with Gasteiger partial charge < -0.3 is 14.7 Å². The van der Waals surface area contributed by atoms with Crippen molar-refractivity contribution in [2.75, 3.05) is 19.7 Å². The summed E-state index contributed by atoms with van der Waals surface area (Å²) in [6.45, 7) is 1.42. The van der Waals surface area contributed by atoms with Gasteiger partial charge in [-0.25, -0.2) is 4.79 Å². The van der Waals surface area contributed by atoms with E-state index in [1.807, 2.05) is 24.3 Å². The van der Waals surface area contributed by atoms with Crippen molar-refractivity contribution in [1.29, 1.82) is 0 Å². The minimum atomic E-state index is -0.734. The molecular formula is C23H23NO4. The van der Waals surface area contributed by atoms with Gasteiger partial charge in [0.05, 0.1) is 5.92 Å². The summed E-state index contributed by atoms with van der Waals surface area (Å²) in [6.07, 6.45) is 1.29. The van der Waals surface area contributed by atoms with Gasteiger partial charge in [-0.2, -0.15) is 0 Å². The maximum Gasteiger partial charge on any atom is 0.409 e. The number of carbonyl (C=O) groups is 2. The molecule has 2 aromatic carbocycles. The Labute approximate surface area is 163 Å². The summed E-state index contributed by atoms with van der Waals surface area (Å²) >= 11 is 0. The van der Waals surface area contributed by atoms with Crippen LogP contribution in [0.2, 0.25) is 0 Å². The molecule has 28 heavy (non-hydrogen) atoms. The number of aliphatic carboxylic acids is 1. The highest BCUT2D eigenvalue weighted by molar-refractivity contribution is 5.79. The van der Waals surface area contributed by atoms with Crippen molar-refractivity contribution in [3.63, 3.8) is 0 Å². The Balaban J connectivity index is 1.29. The Kier molecular flexibility index (Phi) is 4.11. The smallest absolute Gasteiger partial charge is 0.409 e. The summed E-state index contributed by atoms with van der Waals surface area (Å²) in [7, 11) is 0. The first-order valence-electron chi connectivity index (χ1n) is 9.96. The summed E-state index contributed by atoms with van der Waals surface area (Å²) in [4.78, 5) is 25.8. The van der Waals surface area contributed by atoms with Crippen molar-refractivity contribution >= 4 is 12.1 Å². The molecule has 3 unspecified atom stereocenters. The lowest BCUT2D eigenvalue weighted by molar-refractivity contribution is -0.143. The molecule has 0 aromatic heterocycles. The molecule has 1 heterocycles. The molecule has 1 aliphatic heterocycles. The Morgan fingerprint density at radius 3 is 2.25 bits per heavy atom. The van der Waals surface area contributed by atoms with Crippen LogP contribution < -0.4 is 0 Å². The zero-order valence-electron chi connectivity index (χ0n) is 15.6. The summed E-state index contributed by atoms with van der Waals surface area (Å²) in [5.74, 6) is -0.650. The van der Waals surface area contributed by atoms with Crippen molar-refractivity contribution in [2.45, 2.75) is 18.8 Å². The fourth-order valence-electron chi connectivity index (χ4n) is 5.41. The summed E-state index contributed by atoms with van der Waals surface area (Å²) in [6, 6.07) is 16.5. The van der Waals surface area contributed by atoms with Crippen LogP contribution in [-0.4, -0.2) is 41.8 Å². The van der Waals surface area contributed by atoms with Gasteiger partial charge in [0.1, 0.15) is 6.61 Å². The van der Waals surface area contributed by atoms with E-state index in [1.54, 1.807) is 4.90 Å². The van der Waals surface area contributed by atoms with Gasteiger partial charge in [-0.1, -0.05) is 48.5 Å². The monoisotopic (exact) mass is 377 g/mol. The normalized spacial score (nSPS) is 25.3. The number of hydrogen-bond acceptors (Lipinski definition) is 3. The summed E-state index contributed by atoms with van der Waals surface area (Å²) in [5, 5.41) is 9.38. The van der Waals surface area contributed by atoms with E-state index >= 15 is 0 Å². The van der Waals surface area contributed by atoms with Crippen LogP contribution in [0.4, 0.5) is 4.79 Å². The first kappa shape index (κ1) is 17.3. The van der Waals surface area contributed by atoms with Crippen LogP contribution in [0.3, 0.4) is 0 Å². The molecule has 1 amide bonds. The van der Waals surface area contributed by atoms with Crippen LogP contribution >= 0.6 is 0 Å². The molecule has 1 saturated heterocycles. The van der Waals surface area contributed by atoms with Gasteiger partial charge in [0.2, 0.25) is 0 Å². The zero-order valence-corrected chi connectivity index (χ0v) is 15.6. The van der Waals surface area contributed by atoms with E-state index in [0.717, 1.165) is 12.8 Å². The van der Waals surface area contributed by atoms with Crippen molar-refractivity contribution in [3.8, 4) is 11.1 Å². The van der Waals surface area contributed by atoms with Gasteiger partial charge in [-0.05, 0) is 46.9 Å². The number of benzene rings is 2. The Bertz CT molecular complexity index is 894. The zero-order chi connectivity index (χ0) is 19.3. The number of carboxylic acids is 1. The van der Waals surface area contributed by atoms with Crippen molar-refractivity contribution in [2.24, 2.45) is 17.8 Å². The predicted octanol–water partition coefficient (Wildman–Crippen LogP) is 3.98. The molecule has 2 aliphatic carbocycles. The Hall–Kier alpha value is -2.82. The molecular weight excluding hydrogens is 354 g/mol. The van der Waals surface area contributed by atoms with Gasteiger partial charge in [0, 0.05) is 19.0 Å². The van der Waals surface area contributed by atoms with E-state index in [9.17, 15) is 14.7 Å². The number of carbonyl (C=O) groups excluding carboxylic acids is 1. The van der Waals surface area contributed by atoms with E-state index in [2.05, 4.69) is 24.3 Å². The van der Waals surface area contributed by atoms with Crippen LogP contribution in [0.1, 0.15) is 29.9 Å². The quantitative estimate of drug-likeness (QED) is 0.879. The molecule has 0 spiro atoms. The molecule has 1 saturated carbocycles. The molecule has 0 radical (unpaired) electrons. The van der Waals surface area contributed by atoms with Crippen LogP contribution in [0.5, 0.6) is 0 Å². The van der Waals surface area contributed by atoms with Crippen LogP contribution in [-0.2, 0) is 9.53 Å². The lowest BCUT2D eigenvalue weighted by Crippen LogP contribution is -2.32. The number of nitrogens with zero attached hydrogens (tertiary/aromatic N) is 1. The number of carboxylic acid groups (broad SMARTS) is 1. The van der Waals surface area contributed by atoms with Gasteiger partial charge in [-0.3, -0.25) is 4.79 Å². The van der Waals surface area contributed by atoms with Crippen LogP contribution in [0, 0.1) is 17.8 Å². The number of amides is 1. The van der Waals surface area contributed by atoms with E-state index < -0.39 is 5.97 Å². The van der Waals surface area contributed by atoms with Crippen molar-refractivity contribution < 1.29 is 19.4 Å². The topological polar surface area (TPSA) is 66.8 Å². The fourth-order valence-corrected chi connectivity index (χ4v) is 5.41. The Morgan fingerprint density at radius 1 is 0.964 bits per heavy atom. The van der Waals surface area contributed by atoms with Crippen LogP contribution in [0.15, 0.2) is 48.5 Å². The lowest BCUT2D eigenvalue weighted by atomic mass is 9.93. The number of hydrogen-bond donors (Lipinski definition) is 1. The van der Waals surface area contributed by atoms with E-state index in [-0.39, 0.29) is 23.8 Å². The standard InChI is InChI=1S/C23H23NO4/c25-22(26)19-10-9-14-11-24(12-20(14)19)23(27)28-13-21-17-7-3-1-5-15(17)16-6-2-4-8-18(16)21/h1-8,14,19-21H,9-13H2,(H,25,26). The third-order valence-electron chi connectivity index (χ3n) is 6.77. The molecule has 2 fully saturated rings. The number of ether oxygens (including phenoxy) is 1. The highest BCUT2D eigenvalue weighted by Gasteiger charge is 2.47.